The maximum absolute atomic E-state index is 11.4. The van der Waals surface area contributed by atoms with Gasteiger partial charge < -0.3 is 0 Å². The van der Waals surface area contributed by atoms with Gasteiger partial charge in [-0.3, -0.25) is 10.0 Å². The molecule has 0 saturated heterocycles. The van der Waals surface area contributed by atoms with Crippen LogP contribution in [0.15, 0.2) is 30.3 Å². The lowest BCUT2D eigenvalue weighted by Gasteiger charge is -2.07. The Balaban J connectivity index is 2.62. The van der Waals surface area contributed by atoms with E-state index < -0.39 is 5.91 Å². The zero-order valence-electron chi connectivity index (χ0n) is 10.4. The summed E-state index contributed by atoms with van der Waals surface area (Å²) in [5.41, 5.74) is 1.55. The third-order valence-corrected chi connectivity index (χ3v) is 2.49. The Hall–Kier alpha value is -1.61. The molecule has 1 rings (SSSR count). The number of carbonyl (C=O) groups is 1. The molecule has 0 fully saturated rings. The van der Waals surface area contributed by atoms with Crippen molar-refractivity contribution < 1.29 is 10.0 Å². The summed E-state index contributed by atoms with van der Waals surface area (Å²) in [5.74, 6) is -0.397. The quantitative estimate of drug-likeness (QED) is 0.481. The van der Waals surface area contributed by atoms with E-state index in [4.69, 9.17) is 5.21 Å². The van der Waals surface area contributed by atoms with Crippen LogP contribution in [0.25, 0.3) is 6.08 Å². The van der Waals surface area contributed by atoms with Crippen LogP contribution < -0.4 is 0 Å². The maximum atomic E-state index is 11.4. The molecule has 3 nitrogen and oxygen atoms in total. The molecular weight excluding hydrogens is 214 g/mol. The van der Waals surface area contributed by atoms with Crippen LogP contribution in [0.5, 0.6) is 0 Å². The van der Waals surface area contributed by atoms with Gasteiger partial charge in [0.25, 0.3) is 5.91 Å². The molecular formula is C14H19NO2. The molecule has 0 aliphatic rings. The molecule has 0 heterocycles. The zero-order chi connectivity index (χ0) is 12.7. The zero-order valence-corrected chi connectivity index (χ0v) is 10.4. The number of unbranched alkanes of at least 4 members (excludes halogenated alkanes) is 2. The second-order valence-electron chi connectivity index (χ2n) is 4.00. The molecule has 0 aromatic heterocycles. The highest BCUT2D eigenvalue weighted by Gasteiger charge is 2.07. The van der Waals surface area contributed by atoms with Gasteiger partial charge in [0.1, 0.15) is 0 Å². The molecule has 0 bridgehead atoms. The van der Waals surface area contributed by atoms with Crippen molar-refractivity contribution in [3.05, 3.63) is 41.5 Å². The average molecular weight is 233 g/mol. The molecule has 1 amide bonds. The number of rotatable bonds is 5. The number of carbonyl (C=O) groups excluding carboxylic acids is 1. The molecule has 0 saturated carbocycles. The second-order valence-corrected chi connectivity index (χ2v) is 4.00. The minimum atomic E-state index is -0.397. The molecule has 3 heteroatoms. The van der Waals surface area contributed by atoms with Crippen molar-refractivity contribution in [3.8, 4) is 0 Å². The smallest absolute Gasteiger partial charge is 0.276 e. The molecule has 17 heavy (non-hydrogen) atoms. The van der Waals surface area contributed by atoms with Gasteiger partial charge in [-0.15, -0.1) is 0 Å². The van der Waals surface area contributed by atoms with Crippen molar-refractivity contribution in [3.63, 3.8) is 0 Å². The number of hydrogen-bond donors (Lipinski definition) is 1. The summed E-state index contributed by atoms with van der Waals surface area (Å²) in [4.78, 5) is 11.4. The fraction of sp³-hybridized carbons (Fsp3) is 0.357. The van der Waals surface area contributed by atoms with Crippen molar-refractivity contribution >= 4 is 12.0 Å². The first-order valence-corrected chi connectivity index (χ1v) is 5.88. The normalized spacial score (nSPS) is 10.8. The molecule has 0 aliphatic carbocycles. The Bertz CT molecular complexity index is 380. The van der Waals surface area contributed by atoms with Crippen LogP contribution in [-0.2, 0) is 0 Å². The molecule has 0 spiro atoms. The summed E-state index contributed by atoms with van der Waals surface area (Å²) in [6.07, 6.45) is 7.66. The summed E-state index contributed by atoms with van der Waals surface area (Å²) in [7, 11) is 1.32. The molecule has 0 aliphatic heterocycles. The van der Waals surface area contributed by atoms with Gasteiger partial charge in [0.15, 0.2) is 0 Å². The van der Waals surface area contributed by atoms with Gasteiger partial charge >= 0.3 is 0 Å². The van der Waals surface area contributed by atoms with Crippen LogP contribution in [0.1, 0.15) is 42.1 Å². The lowest BCUT2D eigenvalue weighted by atomic mass is 10.1. The number of hydroxylamine groups is 2. The van der Waals surface area contributed by atoms with Crippen molar-refractivity contribution in [1.82, 2.24) is 5.06 Å². The van der Waals surface area contributed by atoms with Gasteiger partial charge in [-0.25, -0.2) is 5.06 Å². The van der Waals surface area contributed by atoms with Gasteiger partial charge in [0, 0.05) is 12.6 Å². The SMILES string of the molecule is CCCCC=Cc1ccc(C(=O)N(C)O)cc1. The first-order chi connectivity index (χ1) is 8.15. The third-order valence-electron chi connectivity index (χ3n) is 2.49. The Morgan fingerprint density at radius 3 is 2.53 bits per heavy atom. The van der Waals surface area contributed by atoms with Gasteiger partial charge in [0.05, 0.1) is 0 Å². The van der Waals surface area contributed by atoms with Crippen LogP contribution in [0, 0.1) is 0 Å². The van der Waals surface area contributed by atoms with Gasteiger partial charge in [-0.05, 0) is 24.1 Å². The molecule has 1 aromatic carbocycles. The van der Waals surface area contributed by atoms with Gasteiger partial charge in [-0.2, -0.15) is 0 Å². The van der Waals surface area contributed by atoms with Gasteiger partial charge in [-0.1, -0.05) is 44.1 Å². The molecule has 0 radical (unpaired) electrons. The lowest BCUT2D eigenvalue weighted by Crippen LogP contribution is -2.22. The molecule has 0 atom stereocenters. The number of nitrogens with zero attached hydrogens (tertiary/aromatic N) is 1. The van der Waals surface area contributed by atoms with E-state index in [0.29, 0.717) is 10.6 Å². The largest absolute Gasteiger partial charge is 0.286 e. The summed E-state index contributed by atoms with van der Waals surface area (Å²) >= 11 is 0. The van der Waals surface area contributed by atoms with Crippen molar-refractivity contribution in [2.24, 2.45) is 0 Å². The van der Waals surface area contributed by atoms with E-state index in [1.807, 2.05) is 18.2 Å². The predicted octanol–water partition coefficient (Wildman–Crippen LogP) is 3.35. The molecule has 0 unspecified atom stereocenters. The van der Waals surface area contributed by atoms with E-state index in [1.165, 1.54) is 19.9 Å². The van der Waals surface area contributed by atoms with Crippen LogP contribution in [0.3, 0.4) is 0 Å². The first-order valence-electron chi connectivity index (χ1n) is 5.88. The van der Waals surface area contributed by atoms with E-state index in [1.54, 1.807) is 12.1 Å². The fourth-order valence-electron chi connectivity index (χ4n) is 1.47. The summed E-state index contributed by atoms with van der Waals surface area (Å²) in [6.45, 7) is 2.17. The first kappa shape index (κ1) is 13.5. The Kier molecular flexibility index (Phi) is 5.43. The Morgan fingerprint density at radius 1 is 1.35 bits per heavy atom. The van der Waals surface area contributed by atoms with E-state index in [0.717, 1.165) is 12.0 Å². The number of allylic oxidation sites excluding steroid dienone is 1. The van der Waals surface area contributed by atoms with Crippen molar-refractivity contribution in [2.45, 2.75) is 26.2 Å². The monoisotopic (exact) mass is 233 g/mol. The molecule has 92 valence electrons. The number of benzene rings is 1. The lowest BCUT2D eigenvalue weighted by molar-refractivity contribution is -0.0374. The van der Waals surface area contributed by atoms with Crippen LogP contribution in [-0.4, -0.2) is 23.2 Å². The highest BCUT2D eigenvalue weighted by atomic mass is 16.5. The summed E-state index contributed by atoms with van der Waals surface area (Å²) < 4.78 is 0. The highest BCUT2D eigenvalue weighted by molar-refractivity contribution is 5.93. The van der Waals surface area contributed by atoms with E-state index in [9.17, 15) is 4.79 Å². The molecule has 1 N–H and O–H groups in total. The minimum absolute atomic E-state index is 0.397. The Labute approximate surface area is 102 Å². The van der Waals surface area contributed by atoms with Crippen molar-refractivity contribution in [1.29, 1.82) is 0 Å². The highest BCUT2D eigenvalue weighted by Crippen LogP contribution is 2.08. The number of hydrogen-bond acceptors (Lipinski definition) is 2. The van der Waals surface area contributed by atoms with Crippen LogP contribution in [0.4, 0.5) is 0 Å². The third kappa shape index (κ3) is 4.41. The number of amides is 1. The van der Waals surface area contributed by atoms with E-state index >= 15 is 0 Å². The minimum Gasteiger partial charge on any atom is -0.286 e. The standard InChI is InChI=1S/C14H19NO2/c1-3-4-5-6-7-12-8-10-13(11-9-12)14(16)15(2)17/h6-11,17H,3-5H2,1-2H3. The maximum Gasteiger partial charge on any atom is 0.276 e. The Morgan fingerprint density at radius 2 is 2.00 bits per heavy atom. The topological polar surface area (TPSA) is 40.5 Å². The molecule has 1 aromatic rings. The second kappa shape index (κ2) is 6.86. The van der Waals surface area contributed by atoms with Gasteiger partial charge in [0.2, 0.25) is 0 Å². The average Bonchev–Trinajstić information content (AvgIpc) is 2.34. The summed E-state index contributed by atoms with van der Waals surface area (Å²) in [6, 6.07) is 7.18. The summed E-state index contributed by atoms with van der Waals surface area (Å²) in [5, 5.41) is 9.60. The fourth-order valence-corrected chi connectivity index (χ4v) is 1.47. The van der Waals surface area contributed by atoms with E-state index in [2.05, 4.69) is 13.0 Å². The van der Waals surface area contributed by atoms with E-state index in [-0.39, 0.29) is 0 Å². The van der Waals surface area contributed by atoms with Crippen LogP contribution in [0.2, 0.25) is 0 Å². The van der Waals surface area contributed by atoms with Crippen LogP contribution >= 0.6 is 0 Å². The predicted molar refractivity (Wildman–Crippen MR) is 68.9 cm³/mol. The van der Waals surface area contributed by atoms with Crippen molar-refractivity contribution in [2.75, 3.05) is 7.05 Å².